The number of hydrogen-bond acceptors (Lipinski definition) is 7. The molecule has 0 aromatic carbocycles. The summed E-state index contributed by atoms with van der Waals surface area (Å²) in [5.74, 6) is 1.26. The molecule has 0 radical (unpaired) electrons. The second-order valence-corrected chi connectivity index (χ2v) is 4.96. The maximum absolute atomic E-state index is 4.38. The van der Waals surface area contributed by atoms with Crippen LogP contribution in [0.25, 0.3) is 0 Å². The quantitative estimate of drug-likeness (QED) is 0.707. The first kappa shape index (κ1) is 15.1. The highest BCUT2D eigenvalue weighted by Gasteiger charge is 2.00. The molecule has 2 N–H and O–H groups in total. The Balaban J connectivity index is 1.80. The number of nitrogens with one attached hydrogen (secondary N) is 2. The van der Waals surface area contributed by atoms with E-state index in [1.165, 1.54) is 0 Å². The van der Waals surface area contributed by atoms with Crippen molar-refractivity contribution < 1.29 is 0 Å². The van der Waals surface area contributed by atoms with Gasteiger partial charge in [0.25, 0.3) is 0 Å². The van der Waals surface area contributed by atoms with Gasteiger partial charge in [-0.05, 0) is 44.8 Å². The molecule has 21 heavy (non-hydrogen) atoms. The molecule has 0 atom stereocenters. The third-order valence-electron chi connectivity index (χ3n) is 2.85. The summed E-state index contributed by atoms with van der Waals surface area (Å²) in [5, 5.41) is 14.3. The summed E-state index contributed by atoms with van der Waals surface area (Å²) in [5.41, 5.74) is 1.14. The van der Waals surface area contributed by atoms with Crippen molar-refractivity contribution in [3.8, 4) is 0 Å². The third-order valence-corrected chi connectivity index (χ3v) is 2.85. The smallest absolute Gasteiger partial charge is 0.244 e. The highest BCUT2D eigenvalue weighted by Crippen LogP contribution is 2.06. The van der Waals surface area contributed by atoms with Crippen LogP contribution >= 0.6 is 0 Å². The van der Waals surface area contributed by atoms with Crippen molar-refractivity contribution in [3.63, 3.8) is 0 Å². The maximum atomic E-state index is 4.38. The molecule has 0 unspecified atom stereocenters. The van der Waals surface area contributed by atoms with Gasteiger partial charge < -0.3 is 15.5 Å². The Morgan fingerprint density at radius 1 is 1.14 bits per heavy atom. The summed E-state index contributed by atoms with van der Waals surface area (Å²) >= 11 is 0. The van der Waals surface area contributed by atoms with Gasteiger partial charge >= 0.3 is 0 Å². The number of anilines is 2. The Morgan fingerprint density at radius 3 is 2.71 bits per heavy atom. The van der Waals surface area contributed by atoms with Crippen molar-refractivity contribution >= 4 is 11.8 Å². The van der Waals surface area contributed by atoms with Crippen LogP contribution in [-0.4, -0.2) is 52.3 Å². The lowest BCUT2D eigenvalue weighted by Crippen LogP contribution is -2.17. The van der Waals surface area contributed by atoms with E-state index in [2.05, 4.69) is 49.8 Å². The fourth-order valence-corrected chi connectivity index (χ4v) is 1.75. The molecule has 112 valence electrons. The monoisotopic (exact) mass is 287 g/mol. The van der Waals surface area contributed by atoms with Gasteiger partial charge in [-0.25, -0.2) is 0 Å². The molecule has 0 saturated heterocycles. The van der Waals surface area contributed by atoms with Crippen LogP contribution in [-0.2, 0) is 6.54 Å². The maximum Gasteiger partial charge on any atom is 0.244 e. The van der Waals surface area contributed by atoms with Gasteiger partial charge in [0.1, 0.15) is 0 Å². The van der Waals surface area contributed by atoms with Crippen LogP contribution < -0.4 is 10.6 Å². The van der Waals surface area contributed by atoms with Gasteiger partial charge in [0.2, 0.25) is 5.95 Å². The minimum atomic E-state index is 0.550. The van der Waals surface area contributed by atoms with Gasteiger partial charge in [0.15, 0.2) is 5.82 Å². The molecule has 0 spiro atoms. The molecule has 2 rings (SSSR count). The molecule has 0 amide bonds. The van der Waals surface area contributed by atoms with Gasteiger partial charge in [0, 0.05) is 25.5 Å². The summed E-state index contributed by atoms with van der Waals surface area (Å²) in [7, 11) is 4.11. The van der Waals surface area contributed by atoms with Gasteiger partial charge in [0.05, 0.1) is 6.20 Å². The number of nitrogens with zero attached hydrogens (tertiary/aromatic N) is 5. The largest absolute Gasteiger partial charge is 0.365 e. The molecular weight excluding hydrogens is 266 g/mol. The van der Waals surface area contributed by atoms with Crippen molar-refractivity contribution in [1.29, 1.82) is 0 Å². The number of rotatable bonds is 8. The van der Waals surface area contributed by atoms with Gasteiger partial charge in [-0.15, -0.1) is 5.10 Å². The fourth-order valence-electron chi connectivity index (χ4n) is 1.75. The molecule has 0 aliphatic rings. The van der Waals surface area contributed by atoms with Crippen molar-refractivity contribution in [2.75, 3.05) is 37.8 Å². The highest BCUT2D eigenvalue weighted by atomic mass is 15.3. The summed E-state index contributed by atoms with van der Waals surface area (Å²) in [4.78, 5) is 10.5. The number of aromatic nitrogens is 4. The predicted molar refractivity (Wildman–Crippen MR) is 83.1 cm³/mol. The molecule has 2 heterocycles. The number of hydrogen-bond donors (Lipinski definition) is 2. The van der Waals surface area contributed by atoms with Crippen LogP contribution in [0.5, 0.6) is 0 Å². The Hall–Kier alpha value is -2.28. The number of pyridine rings is 1. The van der Waals surface area contributed by atoms with E-state index in [0.717, 1.165) is 25.1 Å². The van der Waals surface area contributed by atoms with Crippen LogP contribution in [0.4, 0.5) is 11.8 Å². The van der Waals surface area contributed by atoms with Crippen LogP contribution in [0.3, 0.4) is 0 Å². The second-order valence-electron chi connectivity index (χ2n) is 4.96. The summed E-state index contributed by atoms with van der Waals surface area (Å²) in [6, 6.07) is 3.92. The van der Waals surface area contributed by atoms with E-state index >= 15 is 0 Å². The van der Waals surface area contributed by atoms with Gasteiger partial charge in [-0.2, -0.15) is 10.1 Å². The van der Waals surface area contributed by atoms with Crippen LogP contribution in [0.1, 0.15) is 12.0 Å². The lowest BCUT2D eigenvalue weighted by atomic mass is 10.3. The molecule has 2 aromatic rings. The average molecular weight is 287 g/mol. The van der Waals surface area contributed by atoms with Crippen molar-refractivity contribution in [1.82, 2.24) is 25.1 Å². The zero-order chi connectivity index (χ0) is 14.9. The third kappa shape index (κ3) is 5.70. The Kier molecular flexibility index (Phi) is 5.83. The summed E-state index contributed by atoms with van der Waals surface area (Å²) < 4.78 is 0. The van der Waals surface area contributed by atoms with Crippen molar-refractivity contribution in [2.24, 2.45) is 0 Å². The SMILES string of the molecule is CN(C)CCCNc1nncc(NCc2ccncc2)n1. The van der Waals surface area contributed by atoms with E-state index in [1.54, 1.807) is 18.6 Å². The average Bonchev–Trinajstić information content (AvgIpc) is 2.51. The molecule has 0 bridgehead atoms. The standard InChI is InChI=1S/C14H21N7/c1-21(2)9-3-6-16-14-19-13(11-18-20-14)17-10-12-4-7-15-8-5-12/h4-5,7-8,11H,3,6,9-10H2,1-2H3,(H2,16,17,19,20). The van der Waals surface area contributed by atoms with Crippen molar-refractivity contribution in [3.05, 3.63) is 36.3 Å². The molecule has 0 fully saturated rings. The lowest BCUT2D eigenvalue weighted by molar-refractivity contribution is 0.405. The Labute approximate surface area is 124 Å². The first-order valence-electron chi connectivity index (χ1n) is 6.95. The molecule has 0 saturated carbocycles. The van der Waals surface area contributed by atoms with Crippen LogP contribution in [0.15, 0.2) is 30.7 Å². The van der Waals surface area contributed by atoms with Crippen LogP contribution in [0, 0.1) is 0 Å². The Morgan fingerprint density at radius 2 is 1.95 bits per heavy atom. The van der Waals surface area contributed by atoms with Crippen LogP contribution in [0.2, 0.25) is 0 Å². The molecule has 7 heteroatoms. The second kappa shape index (κ2) is 8.11. The molecule has 0 aliphatic heterocycles. The minimum Gasteiger partial charge on any atom is -0.365 e. The summed E-state index contributed by atoms with van der Waals surface area (Å²) in [6.07, 6.45) is 6.19. The van der Waals surface area contributed by atoms with Gasteiger partial charge in [-0.3, -0.25) is 4.98 Å². The zero-order valence-corrected chi connectivity index (χ0v) is 12.5. The Bertz CT molecular complexity index is 530. The first-order chi connectivity index (χ1) is 10.2. The van der Waals surface area contributed by atoms with E-state index in [1.807, 2.05) is 12.1 Å². The highest BCUT2D eigenvalue weighted by molar-refractivity contribution is 5.37. The van der Waals surface area contributed by atoms with Gasteiger partial charge in [-0.1, -0.05) is 0 Å². The fraction of sp³-hybridized carbons (Fsp3) is 0.429. The molecule has 0 aliphatic carbocycles. The predicted octanol–water partition coefficient (Wildman–Crippen LogP) is 1.24. The topological polar surface area (TPSA) is 78.9 Å². The van der Waals surface area contributed by atoms with Crippen molar-refractivity contribution in [2.45, 2.75) is 13.0 Å². The minimum absolute atomic E-state index is 0.550. The first-order valence-corrected chi connectivity index (χ1v) is 6.95. The molecular formula is C14H21N7. The molecule has 7 nitrogen and oxygen atoms in total. The van der Waals surface area contributed by atoms with E-state index in [-0.39, 0.29) is 0 Å². The lowest BCUT2D eigenvalue weighted by Gasteiger charge is -2.10. The zero-order valence-electron chi connectivity index (χ0n) is 12.5. The summed E-state index contributed by atoms with van der Waals surface area (Å²) in [6.45, 7) is 2.54. The molecule has 2 aromatic heterocycles. The van der Waals surface area contributed by atoms with E-state index in [4.69, 9.17) is 0 Å². The normalized spacial score (nSPS) is 10.6. The van der Waals surface area contributed by atoms with E-state index in [9.17, 15) is 0 Å². The van der Waals surface area contributed by atoms with E-state index in [0.29, 0.717) is 18.3 Å². The van der Waals surface area contributed by atoms with E-state index < -0.39 is 0 Å².